The molecule has 0 aromatic heterocycles. The fraction of sp³-hybridized carbons (Fsp3) is 0.333. The van der Waals surface area contributed by atoms with Gasteiger partial charge in [-0.2, -0.15) is 5.26 Å². The molecule has 0 aliphatic rings. The van der Waals surface area contributed by atoms with Crippen molar-refractivity contribution in [1.82, 2.24) is 4.90 Å². The number of carbonyl (C=O) groups excluding carboxylic acids is 1. The molecule has 0 atom stereocenters. The standard InChI is InChI=1S/C12H13BrN2O2/c1-2-15(7-3-6-14)12(17)10-8-9(13)4-5-11(10)16/h4-5,8,16H,2-3,7H2,1H3. The van der Waals surface area contributed by atoms with Gasteiger partial charge in [0.15, 0.2) is 0 Å². The summed E-state index contributed by atoms with van der Waals surface area (Å²) in [5.41, 5.74) is 0.249. The van der Waals surface area contributed by atoms with Crippen LogP contribution in [0.3, 0.4) is 0 Å². The van der Waals surface area contributed by atoms with Crippen LogP contribution in [-0.2, 0) is 0 Å². The van der Waals surface area contributed by atoms with Gasteiger partial charge in [-0.1, -0.05) is 15.9 Å². The van der Waals surface area contributed by atoms with Crippen molar-refractivity contribution in [3.8, 4) is 11.8 Å². The Bertz CT molecular complexity index is 454. The quantitative estimate of drug-likeness (QED) is 0.928. The number of halogens is 1. The normalized spacial score (nSPS) is 9.71. The monoisotopic (exact) mass is 296 g/mol. The summed E-state index contributed by atoms with van der Waals surface area (Å²) in [7, 11) is 0. The molecule has 1 N–H and O–H groups in total. The minimum Gasteiger partial charge on any atom is -0.507 e. The van der Waals surface area contributed by atoms with E-state index in [1.54, 1.807) is 12.1 Å². The number of nitrogens with zero attached hydrogens (tertiary/aromatic N) is 2. The van der Waals surface area contributed by atoms with Gasteiger partial charge in [0.25, 0.3) is 5.91 Å². The van der Waals surface area contributed by atoms with Gasteiger partial charge < -0.3 is 10.0 Å². The van der Waals surface area contributed by atoms with Crippen molar-refractivity contribution in [2.45, 2.75) is 13.3 Å². The predicted molar refractivity (Wildman–Crippen MR) is 67.6 cm³/mol. The molecule has 0 heterocycles. The summed E-state index contributed by atoms with van der Waals surface area (Å²) in [5, 5.41) is 18.2. The molecule has 1 aromatic rings. The van der Waals surface area contributed by atoms with Gasteiger partial charge in [-0.05, 0) is 25.1 Å². The first-order valence-electron chi connectivity index (χ1n) is 5.25. The van der Waals surface area contributed by atoms with Crippen LogP contribution in [0.15, 0.2) is 22.7 Å². The third kappa shape index (κ3) is 3.46. The molecule has 17 heavy (non-hydrogen) atoms. The van der Waals surface area contributed by atoms with Crippen LogP contribution in [0, 0.1) is 11.3 Å². The molecular weight excluding hydrogens is 284 g/mol. The molecular formula is C12H13BrN2O2. The van der Waals surface area contributed by atoms with Crippen molar-refractivity contribution in [2.24, 2.45) is 0 Å². The van der Waals surface area contributed by atoms with E-state index in [0.29, 0.717) is 13.1 Å². The maximum Gasteiger partial charge on any atom is 0.257 e. The Hall–Kier alpha value is -1.54. The second kappa shape index (κ2) is 6.26. The SMILES string of the molecule is CCN(CCC#N)C(=O)c1cc(Br)ccc1O. The Balaban J connectivity index is 2.94. The Morgan fingerprint density at radius 3 is 2.88 bits per heavy atom. The van der Waals surface area contributed by atoms with Crippen LogP contribution < -0.4 is 0 Å². The number of rotatable bonds is 4. The van der Waals surface area contributed by atoms with Gasteiger partial charge in [-0.3, -0.25) is 4.79 Å². The van der Waals surface area contributed by atoms with Crippen LogP contribution in [0.5, 0.6) is 5.75 Å². The lowest BCUT2D eigenvalue weighted by atomic mass is 10.1. The zero-order chi connectivity index (χ0) is 12.8. The molecule has 0 aliphatic heterocycles. The number of benzene rings is 1. The molecule has 1 aromatic carbocycles. The largest absolute Gasteiger partial charge is 0.507 e. The molecule has 90 valence electrons. The van der Waals surface area contributed by atoms with E-state index in [2.05, 4.69) is 15.9 Å². The zero-order valence-electron chi connectivity index (χ0n) is 9.48. The van der Waals surface area contributed by atoms with Crippen LogP contribution in [0.1, 0.15) is 23.7 Å². The molecule has 0 fully saturated rings. The minimum atomic E-state index is -0.262. The van der Waals surface area contributed by atoms with E-state index < -0.39 is 0 Å². The number of aromatic hydroxyl groups is 1. The summed E-state index contributed by atoms with van der Waals surface area (Å²) in [5.74, 6) is -0.310. The third-order valence-electron chi connectivity index (χ3n) is 2.35. The molecule has 0 unspecified atom stereocenters. The van der Waals surface area contributed by atoms with Gasteiger partial charge in [-0.15, -0.1) is 0 Å². The van der Waals surface area contributed by atoms with E-state index in [0.717, 1.165) is 4.47 Å². The van der Waals surface area contributed by atoms with Crippen LogP contribution >= 0.6 is 15.9 Å². The molecule has 1 rings (SSSR count). The number of amides is 1. The van der Waals surface area contributed by atoms with Gasteiger partial charge in [-0.25, -0.2) is 0 Å². The van der Waals surface area contributed by atoms with E-state index in [9.17, 15) is 9.90 Å². The highest BCUT2D eigenvalue weighted by molar-refractivity contribution is 9.10. The Morgan fingerprint density at radius 2 is 2.29 bits per heavy atom. The van der Waals surface area contributed by atoms with Gasteiger partial charge in [0, 0.05) is 17.6 Å². The molecule has 0 saturated carbocycles. The van der Waals surface area contributed by atoms with Crippen molar-refractivity contribution in [3.63, 3.8) is 0 Å². The van der Waals surface area contributed by atoms with Crippen molar-refractivity contribution in [1.29, 1.82) is 5.26 Å². The van der Waals surface area contributed by atoms with Crippen LogP contribution in [-0.4, -0.2) is 29.0 Å². The van der Waals surface area contributed by atoms with E-state index in [1.165, 1.54) is 11.0 Å². The summed E-state index contributed by atoms with van der Waals surface area (Å²) in [6, 6.07) is 6.71. The van der Waals surface area contributed by atoms with Gasteiger partial charge in [0.05, 0.1) is 18.1 Å². The van der Waals surface area contributed by atoms with Gasteiger partial charge in [0.2, 0.25) is 0 Å². The number of phenolic OH excluding ortho intramolecular Hbond substituents is 1. The molecule has 0 radical (unpaired) electrons. The average molecular weight is 297 g/mol. The maximum atomic E-state index is 12.1. The number of hydrogen-bond acceptors (Lipinski definition) is 3. The number of phenols is 1. The topological polar surface area (TPSA) is 64.3 Å². The van der Waals surface area contributed by atoms with Gasteiger partial charge in [0.1, 0.15) is 5.75 Å². The summed E-state index contributed by atoms with van der Waals surface area (Å²) >= 11 is 3.25. The second-order valence-electron chi connectivity index (χ2n) is 3.45. The molecule has 1 amide bonds. The van der Waals surface area contributed by atoms with E-state index in [-0.39, 0.29) is 23.6 Å². The van der Waals surface area contributed by atoms with E-state index >= 15 is 0 Å². The summed E-state index contributed by atoms with van der Waals surface area (Å²) in [6.07, 6.45) is 0.286. The van der Waals surface area contributed by atoms with E-state index in [4.69, 9.17) is 5.26 Å². The van der Waals surface area contributed by atoms with Crippen LogP contribution in [0.2, 0.25) is 0 Å². The fourth-order valence-corrected chi connectivity index (χ4v) is 1.80. The molecule has 0 aliphatic carbocycles. The van der Waals surface area contributed by atoms with Crippen LogP contribution in [0.4, 0.5) is 0 Å². The minimum absolute atomic E-state index is 0.0476. The molecule has 0 bridgehead atoms. The lowest BCUT2D eigenvalue weighted by Gasteiger charge is -2.20. The van der Waals surface area contributed by atoms with Gasteiger partial charge >= 0.3 is 0 Å². The predicted octanol–water partition coefficient (Wildman–Crippen LogP) is 2.53. The third-order valence-corrected chi connectivity index (χ3v) is 2.84. The summed E-state index contributed by atoms with van der Waals surface area (Å²) in [6.45, 7) is 2.72. The highest BCUT2D eigenvalue weighted by Gasteiger charge is 2.17. The van der Waals surface area contributed by atoms with Crippen molar-refractivity contribution in [2.75, 3.05) is 13.1 Å². The summed E-state index contributed by atoms with van der Waals surface area (Å²) in [4.78, 5) is 13.6. The average Bonchev–Trinajstić information content (AvgIpc) is 2.33. The van der Waals surface area contributed by atoms with Crippen molar-refractivity contribution in [3.05, 3.63) is 28.2 Å². The number of carbonyl (C=O) groups is 1. The van der Waals surface area contributed by atoms with Crippen LogP contribution in [0.25, 0.3) is 0 Å². The number of nitriles is 1. The smallest absolute Gasteiger partial charge is 0.257 e. The Kier molecular flexibility index (Phi) is 4.98. The van der Waals surface area contributed by atoms with Crippen molar-refractivity contribution < 1.29 is 9.90 Å². The highest BCUT2D eigenvalue weighted by atomic mass is 79.9. The Morgan fingerprint density at radius 1 is 1.59 bits per heavy atom. The zero-order valence-corrected chi connectivity index (χ0v) is 11.1. The number of hydrogen-bond donors (Lipinski definition) is 1. The molecule has 0 spiro atoms. The second-order valence-corrected chi connectivity index (χ2v) is 4.37. The molecule has 0 saturated heterocycles. The lowest BCUT2D eigenvalue weighted by Crippen LogP contribution is -2.31. The Labute approximate surface area is 109 Å². The van der Waals surface area contributed by atoms with E-state index in [1.807, 2.05) is 13.0 Å². The highest BCUT2D eigenvalue weighted by Crippen LogP contribution is 2.23. The fourth-order valence-electron chi connectivity index (χ4n) is 1.44. The maximum absolute atomic E-state index is 12.1. The first-order chi connectivity index (χ1) is 8.10. The van der Waals surface area contributed by atoms with Crippen molar-refractivity contribution >= 4 is 21.8 Å². The lowest BCUT2D eigenvalue weighted by molar-refractivity contribution is 0.0764. The molecule has 4 nitrogen and oxygen atoms in total. The summed E-state index contributed by atoms with van der Waals surface area (Å²) < 4.78 is 0.731. The first kappa shape index (κ1) is 13.5. The molecule has 5 heteroatoms. The first-order valence-corrected chi connectivity index (χ1v) is 6.04.